The molecule has 0 saturated heterocycles. The minimum absolute atomic E-state index is 0.0650. The van der Waals surface area contributed by atoms with Gasteiger partial charge in [0.2, 0.25) is 0 Å². The van der Waals surface area contributed by atoms with Crippen LogP contribution in [0.4, 0.5) is 4.39 Å². The Morgan fingerprint density at radius 3 is 2.67 bits per heavy atom. The van der Waals surface area contributed by atoms with Crippen LogP contribution < -0.4 is 10.1 Å². The maximum Gasteiger partial charge on any atom is 0.251 e. The van der Waals surface area contributed by atoms with Crippen molar-refractivity contribution in [3.05, 3.63) is 23.6 Å². The molecule has 4 heteroatoms. The average Bonchev–Trinajstić information content (AvgIpc) is 2.10. The monoisotopic (exact) mass is 212 g/mol. The molecular formula is C11H17FN2O. The van der Waals surface area contributed by atoms with Crippen molar-refractivity contribution >= 4 is 0 Å². The summed E-state index contributed by atoms with van der Waals surface area (Å²) in [5, 5.41) is 2.89. The van der Waals surface area contributed by atoms with Crippen LogP contribution in [0, 0.1) is 5.82 Å². The lowest BCUT2D eigenvalue weighted by molar-refractivity contribution is 0.117. The number of rotatable bonds is 3. The Morgan fingerprint density at radius 1 is 1.47 bits per heavy atom. The average molecular weight is 212 g/mol. The van der Waals surface area contributed by atoms with E-state index < -0.39 is 5.60 Å². The highest BCUT2D eigenvalue weighted by Crippen LogP contribution is 2.21. The van der Waals surface area contributed by atoms with Crippen LogP contribution in [-0.4, -0.2) is 17.6 Å². The molecule has 84 valence electrons. The SMILES string of the molecule is CNCc1ccnc(OC(C)(C)C)c1F. The van der Waals surface area contributed by atoms with Crippen molar-refractivity contribution in [2.24, 2.45) is 0 Å². The van der Waals surface area contributed by atoms with Gasteiger partial charge in [-0.3, -0.25) is 0 Å². The molecule has 0 spiro atoms. The van der Waals surface area contributed by atoms with Gasteiger partial charge in [-0.15, -0.1) is 0 Å². The van der Waals surface area contributed by atoms with Crippen molar-refractivity contribution in [2.45, 2.75) is 32.9 Å². The van der Waals surface area contributed by atoms with Gasteiger partial charge in [-0.25, -0.2) is 9.37 Å². The summed E-state index contributed by atoms with van der Waals surface area (Å²) in [5.74, 6) is -0.322. The third-order valence-corrected chi connectivity index (χ3v) is 1.71. The van der Waals surface area contributed by atoms with Crippen LogP contribution >= 0.6 is 0 Å². The first-order chi connectivity index (χ1) is 6.94. The summed E-state index contributed by atoms with van der Waals surface area (Å²) < 4.78 is 19.2. The first kappa shape index (κ1) is 11.9. The van der Waals surface area contributed by atoms with Crippen LogP contribution in [0.3, 0.4) is 0 Å². The first-order valence-electron chi connectivity index (χ1n) is 4.91. The van der Waals surface area contributed by atoms with E-state index in [1.807, 2.05) is 20.8 Å². The Balaban J connectivity index is 2.94. The number of ether oxygens (including phenoxy) is 1. The van der Waals surface area contributed by atoms with Gasteiger partial charge >= 0.3 is 0 Å². The molecule has 0 aliphatic rings. The molecule has 0 atom stereocenters. The van der Waals surface area contributed by atoms with E-state index in [1.165, 1.54) is 0 Å². The van der Waals surface area contributed by atoms with E-state index in [4.69, 9.17) is 4.74 Å². The van der Waals surface area contributed by atoms with Gasteiger partial charge in [0.1, 0.15) is 5.60 Å². The number of halogens is 1. The number of nitrogens with one attached hydrogen (secondary N) is 1. The molecule has 0 aliphatic heterocycles. The van der Waals surface area contributed by atoms with Crippen LogP contribution in [0.25, 0.3) is 0 Å². The zero-order chi connectivity index (χ0) is 11.5. The predicted octanol–water partition coefficient (Wildman–Crippen LogP) is 2.12. The van der Waals surface area contributed by atoms with Gasteiger partial charge in [0.05, 0.1) is 0 Å². The molecule has 15 heavy (non-hydrogen) atoms. The summed E-state index contributed by atoms with van der Waals surface area (Å²) in [6, 6.07) is 1.64. The minimum Gasteiger partial charge on any atom is -0.470 e. The van der Waals surface area contributed by atoms with Crippen molar-refractivity contribution in [1.82, 2.24) is 10.3 Å². The van der Waals surface area contributed by atoms with Crippen LogP contribution in [-0.2, 0) is 6.54 Å². The molecule has 1 aromatic heterocycles. The Kier molecular flexibility index (Phi) is 3.63. The molecular weight excluding hydrogens is 195 g/mol. The zero-order valence-electron chi connectivity index (χ0n) is 9.60. The summed E-state index contributed by atoms with van der Waals surface area (Å²) in [6.45, 7) is 6.05. The molecule has 1 rings (SSSR count). The van der Waals surface area contributed by atoms with E-state index in [9.17, 15) is 4.39 Å². The second kappa shape index (κ2) is 4.57. The van der Waals surface area contributed by atoms with Gasteiger partial charge in [-0.2, -0.15) is 0 Å². The summed E-state index contributed by atoms with van der Waals surface area (Å²) in [5.41, 5.74) is 0.123. The molecule has 0 aromatic carbocycles. The van der Waals surface area contributed by atoms with Gasteiger partial charge in [0.25, 0.3) is 5.88 Å². The molecule has 0 fully saturated rings. The Bertz CT molecular complexity index is 334. The van der Waals surface area contributed by atoms with Gasteiger partial charge in [0.15, 0.2) is 5.82 Å². The molecule has 0 bridgehead atoms. The quantitative estimate of drug-likeness (QED) is 0.833. The largest absolute Gasteiger partial charge is 0.470 e. The number of pyridine rings is 1. The molecule has 1 aromatic rings. The highest BCUT2D eigenvalue weighted by molar-refractivity contribution is 5.23. The minimum atomic E-state index is -0.438. The van der Waals surface area contributed by atoms with Gasteiger partial charge in [0, 0.05) is 18.3 Å². The van der Waals surface area contributed by atoms with Crippen molar-refractivity contribution in [3.63, 3.8) is 0 Å². The topological polar surface area (TPSA) is 34.2 Å². The Morgan fingerprint density at radius 2 is 2.13 bits per heavy atom. The molecule has 0 unspecified atom stereocenters. The predicted molar refractivity (Wildman–Crippen MR) is 57.3 cm³/mol. The summed E-state index contributed by atoms with van der Waals surface area (Å²) in [4.78, 5) is 3.88. The lowest BCUT2D eigenvalue weighted by Crippen LogP contribution is -2.24. The van der Waals surface area contributed by atoms with E-state index in [0.29, 0.717) is 12.1 Å². The summed E-state index contributed by atoms with van der Waals surface area (Å²) >= 11 is 0. The van der Waals surface area contributed by atoms with Gasteiger partial charge in [-0.1, -0.05) is 0 Å². The fraction of sp³-hybridized carbons (Fsp3) is 0.545. The second-order valence-corrected chi connectivity index (χ2v) is 4.33. The lowest BCUT2D eigenvalue weighted by Gasteiger charge is -2.21. The van der Waals surface area contributed by atoms with Crippen LogP contribution in [0.2, 0.25) is 0 Å². The zero-order valence-corrected chi connectivity index (χ0v) is 9.60. The molecule has 3 nitrogen and oxygen atoms in total. The van der Waals surface area contributed by atoms with E-state index in [2.05, 4.69) is 10.3 Å². The Labute approximate surface area is 89.7 Å². The highest BCUT2D eigenvalue weighted by Gasteiger charge is 2.17. The standard InChI is InChI=1S/C11H17FN2O/c1-11(2,3)15-10-9(12)8(7-13-4)5-6-14-10/h5-6,13H,7H2,1-4H3. The number of hydrogen-bond acceptors (Lipinski definition) is 3. The van der Waals surface area contributed by atoms with Crippen molar-refractivity contribution < 1.29 is 9.13 Å². The summed E-state index contributed by atoms with van der Waals surface area (Å²) in [6.07, 6.45) is 1.55. The van der Waals surface area contributed by atoms with Crippen LogP contribution in [0.15, 0.2) is 12.3 Å². The van der Waals surface area contributed by atoms with Crippen molar-refractivity contribution in [2.75, 3.05) is 7.05 Å². The van der Waals surface area contributed by atoms with E-state index in [1.54, 1.807) is 19.3 Å². The third-order valence-electron chi connectivity index (χ3n) is 1.71. The van der Waals surface area contributed by atoms with Crippen LogP contribution in [0.1, 0.15) is 26.3 Å². The summed E-state index contributed by atoms with van der Waals surface area (Å²) in [7, 11) is 1.77. The number of nitrogens with zero attached hydrogens (tertiary/aromatic N) is 1. The molecule has 0 aliphatic carbocycles. The molecule has 0 saturated carbocycles. The first-order valence-corrected chi connectivity index (χ1v) is 4.91. The Hall–Kier alpha value is -1.16. The normalized spacial score (nSPS) is 11.5. The molecule has 0 radical (unpaired) electrons. The van der Waals surface area contributed by atoms with Gasteiger partial charge < -0.3 is 10.1 Å². The molecule has 1 N–H and O–H groups in total. The lowest BCUT2D eigenvalue weighted by atomic mass is 10.2. The van der Waals surface area contributed by atoms with Crippen molar-refractivity contribution in [1.29, 1.82) is 0 Å². The molecule has 0 amide bonds. The highest BCUT2D eigenvalue weighted by atomic mass is 19.1. The molecule has 1 heterocycles. The maximum absolute atomic E-state index is 13.8. The van der Waals surface area contributed by atoms with Gasteiger partial charge in [-0.05, 0) is 33.9 Å². The van der Waals surface area contributed by atoms with Crippen LogP contribution in [0.5, 0.6) is 5.88 Å². The van der Waals surface area contributed by atoms with E-state index in [-0.39, 0.29) is 11.7 Å². The van der Waals surface area contributed by atoms with Crippen molar-refractivity contribution in [3.8, 4) is 5.88 Å². The number of aromatic nitrogens is 1. The van der Waals surface area contributed by atoms with E-state index in [0.717, 1.165) is 0 Å². The van der Waals surface area contributed by atoms with E-state index >= 15 is 0 Å². The third kappa shape index (κ3) is 3.47. The number of hydrogen-bond donors (Lipinski definition) is 1. The fourth-order valence-corrected chi connectivity index (χ4v) is 1.15. The second-order valence-electron chi connectivity index (χ2n) is 4.33. The smallest absolute Gasteiger partial charge is 0.251 e. The fourth-order valence-electron chi connectivity index (χ4n) is 1.15. The maximum atomic E-state index is 13.8.